The number of hydrogen-bond acceptors (Lipinski definition) is 2. The predicted octanol–water partition coefficient (Wildman–Crippen LogP) is 2.58. The van der Waals surface area contributed by atoms with Crippen LogP contribution in [0.15, 0.2) is 30.3 Å². The molecule has 2 nitrogen and oxygen atoms in total. The molecule has 1 aromatic carbocycles. The van der Waals surface area contributed by atoms with Gasteiger partial charge in [-0.3, -0.25) is 0 Å². The minimum Gasteiger partial charge on any atom is -0.345 e. The summed E-state index contributed by atoms with van der Waals surface area (Å²) < 4.78 is 11.4. The Hall–Kier alpha value is -0.860. The Kier molecular flexibility index (Phi) is 2.81. The van der Waals surface area contributed by atoms with Gasteiger partial charge in [0.1, 0.15) is 0 Å². The zero-order chi connectivity index (χ0) is 10.9. The molecule has 0 saturated carbocycles. The van der Waals surface area contributed by atoms with Gasteiger partial charge in [0.2, 0.25) is 0 Å². The molecule has 0 N–H and O–H groups in total. The molecule has 15 heavy (non-hydrogen) atoms. The monoisotopic (exact) mass is 205 g/mol. The number of benzene rings is 1. The largest absolute Gasteiger partial charge is 0.345 e. The van der Waals surface area contributed by atoms with Crippen LogP contribution >= 0.6 is 0 Å². The average molecular weight is 205 g/mol. The van der Waals surface area contributed by atoms with E-state index in [2.05, 4.69) is 19.1 Å². The highest BCUT2D eigenvalue weighted by Gasteiger charge is 2.38. The molecular weight excluding hydrogens is 188 g/mol. The lowest BCUT2D eigenvalue weighted by Gasteiger charge is -2.16. The molecule has 2 atom stereocenters. The summed E-state index contributed by atoms with van der Waals surface area (Å²) in [5.74, 6) is -0.494. The van der Waals surface area contributed by atoms with E-state index in [9.17, 15) is 0 Å². The van der Waals surface area contributed by atoms with Crippen molar-refractivity contribution in [1.82, 2.24) is 0 Å². The van der Waals surface area contributed by atoms with Crippen LogP contribution in [0.25, 0.3) is 0 Å². The Morgan fingerprint density at radius 2 is 1.87 bits per heavy atom. The molecule has 81 valence electrons. The fraction of sp³-hybridized carbons (Fsp3) is 0.462. The predicted molar refractivity (Wildman–Crippen MR) is 59.3 cm³/mol. The maximum absolute atomic E-state index is 5.78. The van der Waals surface area contributed by atoms with Crippen molar-refractivity contribution in [3.63, 3.8) is 0 Å². The SMILES string of the molecule is [CH2][C@@H]1OC(C)(C)O[C@H]1Cc1ccccc1. The van der Waals surface area contributed by atoms with Crippen molar-refractivity contribution in [2.75, 3.05) is 0 Å². The van der Waals surface area contributed by atoms with Crippen LogP contribution in [-0.2, 0) is 15.9 Å². The van der Waals surface area contributed by atoms with Gasteiger partial charge in [0.15, 0.2) is 5.79 Å². The van der Waals surface area contributed by atoms with Crippen LogP contribution in [0, 0.1) is 6.92 Å². The molecule has 1 aliphatic heterocycles. The lowest BCUT2D eigenvalue weighted by Crippen LogP contribution is -2.23. The van der Waals surface area contributed by atoms with E-state index < -0.39 is 5.79 Å². The molecular formula is C13H17O2. The van der Waals surface area contributed by atoms with Gasteiger partial charge < -0.3 is 9.47 Å². The standard InChI is InChI=1S/C13H17O2/c1-10-12(15-13(2,3)14-10)9-11-7-5-4-6-8-11/h4-8,10,12H,1,9H2,2-3H3/t10-,12-/m0/s1. The summed E-state index contributed by atoms with van der Waals surface area (Å²) in [6.45, 7) is 7.82. The zero-order valence-corrected chi connectivity index (χ0v) is 9.27. The fourth-order valence-electron chi connectivity index (χ4n) is 1.93. The van der Waals surface area contributed by atoms with Gasteiger partial charge in [-0.25, -0.2) is 0 Å². The molecule has 0 aliphatic carbocycles. The van der Waals surface area contributed by atoms with Gasteiger partial charge >= 0.3 is 0 Å². The number of rotatable bonds is 2. The Balaban J connectivity index is 2.02. The quantitative estimate of drug-likeness (QED) is 0.738. The third-order valence-electron chi connectivity index (χ3n) is 2.56. The smallest absolute Gasteiger partial charge is 0.163 e. The topological polar surface area (TPSA) is 18.5 Å². The molecule has 1 heterocycles. The minimum absolute atomic E-state index is 0.0578. The summed E-state index contributed by atoms with van der Waals surface area (Å²) in [5, 5.41) is 0. The van der Waals surface area contributed by atoms with E-state index in [1.165, 1.54) is 5.56 Å². The van der Waals surface area contributed by atoms with Crippen molar-refractivity contribution >= 4 is 0 Å². The van der Waals surface area contributed by atoms with Crippen molar-refractivity contribution in [3.05, 3.63) is 42.8 Å². The lowest BCUT2D eigenvalue weighted by atomic mass is 10.1. The van der Waals surface area contributed by atoms with Crippen LogP contribution in [0.2, 0.25) is 0 Å². The summed E-state index contributed by atoms with van der Waals surface area (Å²) in [4.78, 5) is 0. The van der Waals surface area contributed by atoms with Crippen LogP contribution in [0.3, 0.4) is 0 Å². The van der Waals surface area contributed by atoms with E-state index in [-0.39, 0.29) is 12.2 Å². The van der Waals surface area contributed by atoms with E-state index in [1.54, 1.807) is 0 Å². The summed E-state index contributed by atoms with van der Waals surface area (Å²) in [6, 6.07) is 10.3. The molecule has 0 spiro atoms. The number of hydrogen-bond donors (Lipinski definition) is 0. The van der Waals surface area contributed by atoms with E-state index in [1.807, 2.05) is 32.0 Å². The second kappa shape index (κ2) is 3.95. The Bertz CT molecular complexity index is 319. The first-order valence-corrected chi connectivity index (χ1v) is 5.29. The van der Waals surface area contributed by atoms with Gasteiger partial charge in [-0.1, -0.05) is 30.3 Å². The van der Waals surface area contributed by atoms with Crippen molar-refractivity contribution in [2.24, 2.45) is 0 Å². The molecule has 0 amide bonds. The normalized spacial score (nSPS) is 29.3. The minimum atomic E-state index is -0.494. The van der Waals surface area contributed by atoms with Gasteiger partial charge in [0.25, 0.3) is 0 Å². The van der Waals surface area contributed by atoms with E-state index >= 15 is 0 Å². The molecule has 0 unspecified atom stereocenters. The molecule has 0 aromatic heterocycles. The first-order chi connectivity index (χ1) is 7.07. The van der Waals surface area contributed by atoms with Gasteiger partial charge in [0.05, 0.1) is 12.2 Å². The molecule has 0 bridgehead atoms. The van der Waals surface area contributed by atoms with Crippen molar-refractivity contribution in [3.8, 4) is 0 Å². The van der Waals surface area contributed by atoms with E-state index in [0.717, 1.165) is 6.42 Å². The van der Waals surface area contributed by atoms with Gasteiger partial charge in [-0.05, 0) is 26.3 Å². The third kappa shape index (κ3) is 2.58. The van der Waals surface area contributed by atoms with Crippen molar-refractivity contribution in [2.45, 2.75) is 38.3 Å². The first kappa shape index (κ1) is 10.7. The van der Waals surface area contributed by atoms with E-state index in [0.29, 0.717) is 0 Å². The Morgan fingerprint density at radius 1 is 1.20 bits per heavy atom. The van der Waals surface area contributed by atoms with Crippen LogP contribution < -0.4 is 0 Å². The van der Waals surface area contributed by atoms with E-state index in [4.69, 9.17) is 9.47 Å². The molecule has 2 heteroatoms. The van der Waals surface area contributed by atoms with Gasteiger partial charge in [0, 0.05) is 6.42 Å². The highest BCUT2D eigenvalue weighted by Crippen LogP contribution is 2.29. The van der Waals surface area contributed by atoms with Crippen LogP contribution in [0.5, 0.6) is 0 Å². The second-order valence-electron chi connectivity index (χ2n) is 4.40. The molecule has 2 rings (SSSR count). The molecule has 1 radical (unpaired) electrons. The Labute approximate surface area is 91.2 Å². The molecule has 1 fully saturated rings. The van der Waals surface area contributed by atoms with Gasteiger partial charge in [-0.15, -0.1) is 0 Å². The maximum atomic E-state index is 5.78. The van der Waals surface area contributed by atoms with Crippen molar-refractivity contribution in [1.29, 1.82) is 0 Å². The molecule has 1 saturated heterocycles. The summed E-state index contributed by atoms with van der Waals surface area (Å²) >= 11 is 0. The zero-order valence-electron chi connectivity index (χ0n) is 9.27. The summed E-state index contributed by atoms with van der Waals surface area (Å²) in [5.41, 5.74) is 1.26. The van der Waals surface area contributed by atoms with Crippen molar-refractivity contribution < 1.29 is 9.47 Å². The molecule has 1 aromatic rings. The lowest BCUT2D eigenvalue weighted by molar-refractivity contribution is -0.142. The van der Waals surface area contributed by atoms with Gasteiger partial charge in [-0.2, -0.15) is 0 Å². The number of ether oxygens (including phenoxy) is 2. The fourth-order valence-corrected chi connectivity index (χ4v) is 1.93. The summed E-state index contributed by atoms with van der Waals surface area (Å²) in [7, 11) is 0. The molecule has 1 aliphatic rings. The highest BCUT2D eigenvalue weighted by molar-refractivity contribution is 5.16. The highest BCUT2D eigenvalue weighted by atomic mass is 16.7. The third-order valence-corrected chi connectivity index (χ3v) is 2.56. The summed E-state index contributed by atoms with van der Waals surface area (Å²) in [6.07, 6.45) is 0.834. The van der Waals surface area contributed by atoms with Crippen LogP contribution in [-0.4, -0.2) is 18.0 Å². The Morgan fingerprint density at radius 3 is 2.40 bits per heavy atom. The average Bonchev–Trinajstić information content (AvgIpc) is 2.41. The first-order valence-electron chi connectivity index (χ1n) is 5.29. The second-order valence-corrected chi connectivity index (χ2v) is 4.40. The van der Waals surface area contributed by atoms with Crippen LogP contribution in [0.4, 0.5) is 0 Å². The van der Waals surface area contributed by atoms with Crippen LogP contribution in [0.1, 0.15) is 19.4 Å². The maximum Gasteiger partial charge on any atom is 0.163 e.